The number of benzene rings is 1. The smallest absolute Gasteiger partial charge is 0.150 e. The summed E-state index contributed by atoms with van der Waals surface area (Å²) in [7, 11) is 0. The van der Waals surface area contributed by atoms with Gasteiger partial charge >= 0.3 is 0 Å². The van der Waals surface area contributed by atoms with Gasteiger partial charge in [-0.25, -0.2) is 4.39 Å². The summed E-state index contributed by atoms with van der Waals surface area (Å²) >= 11 is 1.31. The summed E-state index contributed by atoms with van der Waals surface area (Å²) in [5.41, 5.74) is 0.461. The Balaban J connectivity index is 2.49. The van der Waals surface area contributed by atoms with Crippen molar-refractivity contribution in [2.75, 3.05) is 0 Å². The molecule has 0 aromatic heterocycles. The van der Waals surface area contributed by atoms with Gasteiger partial charge in [-0.15, -0.1) is 0 Å². The normalized spacial score (nSPS) is 12.8. The molecular weight excluding hydrogens is 183 g/mol. The molecule has 1 rings (SSSR count). The molecule has 2 heteroatoms. The molecule has 13 heavy (non-hydrogen) atoms. The van der Waals surface area contributed by atoms with Crippen molar-refractivity contribution in [2.45, 2.75) is 37.1 Å². The van der Waals surface area contributed by atoms with Crippen LogP contribution in [0.5, 0.6) is 0 Å². The van der Waals surface area contributed by atoms with Gasteiger partial charge in [0.2, 0.25) is 0 Å². The maximum absolute atomic E-state index is 13.2. The second-order valence-corrected chi connectivity index (χ2v) is 4.35. The molecule has 0 radical (unpaired) electrons. The highest BCUT2D eigenvalue weighted by Gasteiger charge is 2.06. The third-order valence-electron chi connectivity index (χ3n) is 1.80. The van der Waals surface area contributed by atoms with E-state index in [4.69, 9.17) is 0 Å². The Labute approximate surface area is 83.5 Å². The molecule has 1 unspecified atom stereocenters. The van der Waals surface area contributed by atoms with Crippen molar-refractivity contribution in [3.05, 3.63) is 29.8 Å². The predicted octanol–water partition coefficient (Wildman–Crippen LogP) is 4.18. The number of alkyl halides is 1. The Morgan fingerprint density at radius 3 is 2.46 bits per heavy atom. The fourth-order valence-corrected chi connectivity index (χ4v) is 1.99. The summed E-state index contributed by atoms with van der Waals surface area (Å²) in [5.74, 6) is 0. The first kappa shape index (κ1) is 10.6. The average Bonchev–Trinajstić information content (AvgIpc) is 2.09. The Hall–Kier alpha value is -0.500. The Kier molecular flexibility index (Phi) is 4.29. The van der Waals surface area contributed by atoms with Crippen molar-refractivity contribution in [2.24, 2.45) is 0 Å². The molecule has 0 N–H and O–H groups in total. The van der Waals surface area contributed by atoms with Crippen LogP contribution in [0.2, 0.25) is 0 Å². The molecule has 1 aromatic rings. The number of hydrogen-bond acceptors (Lipinski definition) is 1. The lowest BCUT2D eigenvalue weighted by atomic mass is 10.2. The molecule has 0 heterocycles. The number of halogens is 1. The zero-order chi connectivity index (χ0) is 9.68. The van der Waals surface area contributed by atoms with Crippen molar-refractivity contribution in [3.63, 3.8) is 0 Å². The van der Waals surface area contributed by atoms with Gasteiger partial charge < -0.3 is 0 Å². The molecule has 0 aliphatic rings. The van der Waals surface area contributed by atoms with Crippen LogP contribution in [0.15, 0.2) is 29.2 Å². The highest BCUT2D eigenvalue weighted by atomic mass is 32.2. The van der Waals surface area contributed by atoms with Crippen LogP contribution >= 0.6 is 11.8 Å². The molecule has 0 saturated heterocycles. The van der Waals surface area contributed by atoms with E-state index in [1.54, 1.807) is 0 Å². The lowest BCUT2D eigenvalue weighted by Crippen LogP contribution is -1.91. The summed E-state index contributed by atoms with van der Waals surface area (Å²) < 4.78 is 13.2. The Morgan fingerprint density at radius 1 is 1.31 bits per heavy atom. The SMILES string of the molecule is CCCC(F)Sc1ccc(C)cc1. The van der Waals surface area contributed by atoms with Crippen LogP contribution in [0.4, 0.5) is 4.39 Å². The number of aryl methyl sites for hydroxylation is 1. The van der Waals surface area contributed by atoms with Gasteiger partial charge in [0.15, 0.2) is 0 Å². The van der Waals surface area contributed by atoms with Crippen LogP contribution in [0.1, 0.15) is 25.3 Å². The Morgan fingerprint density at radius 2 is 1.92 bits per heavy atom. The molecule has 1 atom stereocenters. The lowest BCUT2D eigenvalue weighted by molar-refractivity contribution is 0.426. The van der Waals surface area contributed by atoms with E-state index in [2.05, 4.69) is 0 Å². The number of rotatable bonds is 4. The lowest BCUT2D eigenvalue weighted by Gasteiger charge is -2.05. The van der Waals surface area contributed by atoms with Gasteiger partial charge in [0.1, 0.15) is 5.50 Å². The molecule has 0 nitrogen and oxygen atoms in total. The quantitative estimate of drug-likeness (QED) is 0.654. The van der Waals surface area contributed by atoms with Gasteiger partial charge in [0.05, 0.1) is 0 Å². The zero-order valence-electron chi connectivity index (χ0n) is 8.09. The molecule has 0 aliphatic carbocycles. The van der Waals surface area contributed by atoms with Crippen LogP contribution in [0.25, 0.3) is 0 Å². The molecule has 0 spiro atoms. The highest BCUT2D eigenvalue weighted by molar-refractivity contribution is 7.99. The van der Waals surface area contributed by atoms with Crippen molar-refractivity contribution in [3.8, 4) is 0 Å². The van der Waals surface area contributed by atoms with Crippen LogP contribution < -0.4 is 0 Å². The van der Waals surface area contributed by atoms with Gasteiger partial charge in [0.25, 0.3) is 0 Å². The van der Waals surface area contributed by atoms with Gasteiger partial charge in [0, 0.05) is 4.90 Å². The summed E-state index contributed by atoms with van der Waals surface area (Å²) in [5, 5.41) is 0. The van der Waals surface area contributed by atoms with E-state index in [-0.39, 0.29) is 0 Å². The maximum Gasteiger partial charge on any atom is 0.150 e. The second-order valence-electron chi connectivity index (χ2n) is 3.13. The molecule has 0 bridgehead atoms. The summed E-state index contributed by atoms with van der Waals surface area (Å²) in [4.78, 5) is 1.02. The zero-order valence-corrected chi connectivity index (χ0v) is 8.90. The first-order chi connectivity index (χ1) is 6.22. The summed E-state index contributed by atoms with van der Waals surface area (Å²) in [6, 6.07) is 7.98. The van der Waals surface area contributed by atoms with E-state index in [0.29, 0.717) is 6.42 Å². The van der Waals surface area contributed by atoms with E-state index < -0.39 is 5.50 Å². The minimum Gasteiger partial charge on any atom is -0.235 e. The molecular formula is C11H15FS. The van der Waals surface area contributed by atoms with Crippen LogP contribution in [0, 0.1) is 6.92 Å². The van der Waals surface area contributed by atoms with E-state index in [0.717, 1.165) is 11.3 Å². The number of thioether (sulfide) groups is 1. The van der Waals surface area contributed by atoms with Crippen molar-refractivity contribution < 1.29 is 4.39 Å². The van der Waals surface area contributed by atoms with Crippen molar-refractivity contribution >= 4 is 11.8 Å². The fourth-order valence-electron chi connectivity index (χ4n) is 1.05. The fraction of sp³-hybridized carbons (Fsp3) is 0.455. The van der Waals surface area contributed by atoms with Gasteiger partial charge in [-0.1, -0.05) is 42.8 Å². The van der Waals surface area contributed by atoms with E-state index in [1.807, 2.05) is 38.1 Å². The van der Waals surface area contributed by atoms with Gasteiger partial charge in [-0.2, -0.15) is 0 Å². The molecule has 0 saturated carbocycles. The van der Waals surface area contributed by atoms with E-state index in [1.165, 1.54) is 17.3 Å². The summed E-state index contributed by atoms with van der Waals surface area (Å²) in [6.07, 6.45) is 1.54. The van der Waals surface area contributed by atoms with Crippen molar-refractivity contribution in [1.82, 2.24) is 0 Å². The average molecular weight is 198 g/mol. The minimum atomic E-state index is -0.757. The largest absolute Gasteiger partial charge is 0.235 e. The monoisotopic (exact) mass is 198 g/mol. The van der Waals surface area contributed by atoms with Crippen LogP contribution in [-0.4, -0.2) is 5.50 Å². The third kappa shape index (κ3) is 3.81. The first-order valence-corrected chi connectivity index (χ1v) is 5.47. The van der Waals surface area contributed by atoms with E-state index >= 15 is 0 Å². The summed E-state index contributed by atoms with van der Waals surface area (Å²) in [6.45, 7) is 4.04. The molecule has 0 aliphatic heterocycles. The number of hydrogen-bond donors (Lipinski definition) is 0. The standard InChI is InChI=1S/C11H15FS/c1-3-4-11(12)13-10-7-5-9(2)6-8-10/h5-8,11H,3-4H2,1-2H3. The van der Waals surface area contributed by atoms with E-state index in [9.17, 15) is 4.39 Å². The second kappa shape index (κ2) is 5.28. The molecule has 0 amide bonds. The topological polar surface area (TPSA) is 0 Å². The first-order valence-electron chi connectivity index (χ1n) is 4.59. The third-order valence-corrected chi connectivity index (χ3v) is 2.84. The van der Waals surface area contributed by atoms with Gasteiger partial charge in [-0.05, 0) is 25.5 Å². The van der Waals surface area contributed by atoms with Gasteiger partial charge in [-0.3, -0.25) is 0 Å². The molecule has 72 valence electrons. The highest BCUT2D eigenvalue weighted by Crippen LogP contribution is 2.27. The maximum atomic E-state index is 13.2. The minimum absolute atomic E-state index is 0.637. The molecule has 1 aromatic carbocycles. The predicted molar refractivity (Wildman–Crippen MR) is 56.8 cm³/mol. The van der Waals surface area contributed by atoms with Crippen LogP contribution in [-0.2, 0) is 0 Å². The van der Waals surface area contributed by atoms with Crippen molar-refractivity contribution in [1.29, 1.82) is 0 Å². The molecule has 0 fully saturated rings. The van der Waals surface area contributed by atoms with Crippen LogP contribution in [0.3, 0.4) is 0 Å². The Bertz CT molecular complexity index is 243.